The Hall–Kier alpha value is -0.0400. The second-order valence-electron chi connectivity index (χ2n) is 8.23. The molecular weight excluding hydrogens is 266 g/mol. The smallest absolute Gasteiger partial charge is 0.0127 e. The first kappa shape index (κ1) is 18.3. The highest BCUT2D eigenvalue weighted by Gasteiger charge is 2.43. The lowest BCUT2D eigenvalue weighted by molar-refractivity contribution is -0.0496. The van der Waals surface area contributed by atoms with E-state index >= 15 is 0 Å². The van der Waals surface area contributed by atoms with Crippen molar-refractivity contribution >= 4 is 0 Å². The van der Waals surface area contributed by atoms with E-state index in [0.717, 1.165) is 30.0 Å². The van der Waals surface area contributed by atoms with Gasteiger partial charge in [-0.2, -0.15) is 0 Å². The summed E-state index contributed by atoms with van der Waals surface area (Å²) >= 11 is 0. The summed E-state index contributed by atoms with van der Waals surface area (Å²) in [5.74, 6) is 2.01. The van der Waals surface area contributed by atoms with Crippen LogP contribution in [0.4, 0.5) is 0 Å². The van der Waals surface area contributed by atoms with Crippen LogP contribution < -0.4 is 0 Å². The van der Waals surface area contributed by atoms with Crippen LogP contribution in [-0.2, 0) is 0 Å². The van der Waals surface area contributed by atoms with Gasteiger partial charge in [0.1, 0.15) is 0 Å². The Balaban J connectivity index is 1.72. The topological polar surface area (TPSA) is 3.24 Å². The molecule has 0 aliphatic heterocycles. The van der Waals surface area contributed by atoms with Gasteiger partial charge in [0.2, 0.25) is 0 Å². The second kappa shape index (κ2) is 9.30. The van der Waals surface area contributed by atoms with Crippen molar-refractivity contribution in [3.8, 4) is 0 Å². The molecule has 0 amide bonds. The van der Waals surface area contributed by atoms with Crippen LogP contribution in [0.25, 0.3) is 0 Å². The van der Waals surface area contributed by atoms with Gasteiger partial charge in [0, 0.05) is 18.1 Å². The molecule has 0 aromatic heterocycles. The standard InChI is InChI=1S/C21H41N/c1-5-8-9-10-11-12-18-15-20(16-18)22(19(6-2)7-3)21-14-13-17(21)4/h17-21H,5-16H2,1-4H3/t17-,18?,20?,21?/m1/s1. The van der Waals surface area contributed by atoms with Gasteiger partial charge < -0.3 is 0 Å². The lowest BCUT2D eigenvalue weighted by Crippen LogP contribution is -2.58. The Labute approximate surface area is 140 Å². The zero-order valence-electron chi connectivity index (χ0n) is 15.8. The largest absolute Gasteiger partial charge is 0.294 e. The van der Waals surface area contributed by atoms with Crippen molar-refractivity contribution in [1.29, 1.82) is 0 Å². The molecule has 2 saturated carbocycles. The zero-order valence-corrected chi connectivity index (χ0v) is 15.8. The van der Waals surface area contributed by atoms with Crippen molar-refractivity contribution < 1.29 is 0 Å². The summed E-state index contributed by atoms with van der Waals surface area (Å²) in [6.07, 6.45) is 17.4. The van der Waals surface area contributed by atoms with Crippen molar-refractivity contribution in [2.24, 2.45) is 11.8 Å². The van der Waals surface area contributed by atoms with E-state index in [-0.39, 0.29) is 0 Å². The van der Waals surface area contributed by atoms with Gasteiger partial charge in [-0.05, 0) is 50.4 Å². The molecule has 2 atom stereocenters. The summed E-state index contributed by atoms with van der Waals surface area (Å²) in [5.41, 5.74) is 0. The van der Waals surface area contributed by atoms with Crippen LogP contribution in [0.5, 0.6) is 0 Å². The third-order valence-electron chi connectivity index (χ3n) is 6.67. The Kier molecular flexibility index (Phi) is 7.74. The first-order valence-electron chi connectivity index (χ1n) is 10.5. The molecule has 0 aromatic rings. The van der Waals surface area contributed by atoms with Gasteiger partial charge in [-0.25, -0.2) is 0 Å². The number of rotatable bonds is 11. The Morgan fingerprint density at radius 2 is 1.59 bits per heavy atom. The lowest BCUT2D eigenvalue weighted by atomic mass is 9.71. The fraction of sp³-hybridized carbons (Fsp3) is 1.00. The molecule has 2 aliphatic carbocycles. The molecule has 0 N–H and O–H groups in total. The minimum atomic E-state index is 0.850. The maximum Gasteiger partial charge on any atom is 0.0127 e. The Morgan fingerprint density at radius 1 is 0.909 bits per heavy atom. The van der Waals surface area contributed by atoms with E-state index < -0.39 is 0 Å². The number of hydrogen-bond acceptors (Lipinski definition) is 1. The van der Waals surface area contributed by atoms with Crippen LogP contribution in [0.15, 0.2) is 0 Å². The van der Waals surface area contributed by atoms with Crippen molar-refractivity contribution in [3.63, 3.8) is 0 Å². The second-order valence-corrected chi connectivity index (χ2v) is 8.23. The number of hydrogen-bond donors (Lipinski definition) is 0. The maximum absolute atomic E-state index is 2.99. The molecule has 0 bridgehead atoms. The van der Waals surface area contributed by atoms with Gasteiger partial charge >= 0.3 is 0 Å². The van der Waals surface area contributed by atoms with Crippen molar-refractivity contribution in [3.05, 3.63) is 0 Å². The quantitative estimate of drug-likeness (QED) is 0.398. The van der Waals surface area contributed by atoms with Crippen molar-refractivity contribution in [1.82, 2.24) is 4.90 Å². The summed E-state index contributed by atoms with van der Waals surface area (Å²) in [6.45, 7) is 9.58. The molecule has 2 rings (SSSR count). The predicted molar refractivity (Wildman–Crippen MR) is 98.3 cm³/mol. The highest BCUT2D eigenvalue weighted by Crippen LogP contribution is 2.43. The number of nitrogens with zero attached hydrogens (tertiary/aromatic N) is 1. The molecule has 22 heavy (non-hydrogen) atoms. The fourth-order valence-corrected chi connectivity index (χ4v) is 4.86. The zero-order chi connectivity index (χ0) is 15.9. The van der Waals surface area contributed by atoms with Crippen LogP contribution in [0.2, 0.25) is 0 Å². The first-order chi connectivity index (χ1) is 10.7. The predicted octanol–water partition coefficient (Wildman–Crippen LogP) is 6.41. The van der Waals surface area contributed by atoms with Gasteiger partial charge in [-0.15, -0.1) is 0 Å². The Bertz CT molecular complexity index is 286. The van der Waals surface area contributed by atoms with Gasteiger partial charge in [-0.1, -0.05) is 66.2 Å². The van der Waals surface area contributed by atoms with E-state index in [1.165, 1.54) is 77.0 Å². The molecule has 130 valence electrons. The van der Waals surface area contributed by atoms with E-state index in [1.54, 1.807) is 0 Å². The normalized spacial score (nSPS) is 31.4. The molecule has 0 aromatic carbocycles. The summed E-state index contributed by atoms with van der Waals surface area (Å²) in [7, 11) is 0. The maximum atomic E-state index is 2.99. The SMILES string of the molecule is CCCCCCCC1CC(N(C(CC)CC)C2CC[C@H]2C)C1. The van der Waals surface area contributed by atoms with E-state index in [4.69, 9.17) is 0 Å². The third kappa shape index (κ3) is 4.49. The minimum absolute atomic E-state index is 0.850. The average molecular weight is 308 g/mol. The van der Waals surface area contributed by atoms with Crippen LogP contribution in [0.1, 0.15) is 105 Å². The molecule has 0 saturated heterocycles. The third-order valence-corrected chi connectivity index (χ3v) is 6.67. The van der Waals surface area contributed by atoms with Crippen LogP contribution in [0, 0.1) is 11.8 Å². The van der Waals surface area contributed by atoms with Gasteiger partial charge in [0.05, 0.1) is 0 Å². The molecule has 0 heterocycles. The molecule has 0 radical (unpaired) electrons. The highest BCUT2D eigenvalue weighted by molar-refractivity contribution is 4.97. The Morgan fingerprint density at radius 3 is 2.09 bits per heavy atom. The molecule has 1 heteroatoms. The molecule has 1 unspecified atom stereocenters. The van der Waals surface area contributed by atoms with Crippen LogP contribution >= 0.6 is 0 Å². The van der Waals surface area contributed by atoms with Crippen LogP contribution in [0.3, 0.4) is 0 Å². The highest BCUT2D eigenvalue weighted by atomic mass is 15.2. The molecule has 1 nitrogen and oxygen atoms in total. The summed E-state index contributed by atoms with van der Waals surface area (Å²) in [4.78, 5) is 2.99. The monoisotopic (exact) mass is 307 g/mol. The average Bonchev–Trinajstić information content (AvgIpc) is 2.47. The van der Waals surface area contributed by atoms with Crippen molar-refractivity contribution in [2.45, 2.75) is 123 Å². The van der Waals surface area contributed by atoms with Crippen LogP contribution in [-0.4, -0.2) is 23.0 Å². The van der Waals surface area contributed by atoms with E-state index in [0.29, 0.717) is 0 Å². The van der Waals surface area contributed by atoms with Gasteiger partial charge in [0.15, 0.2) is 0 Å². The van der Waals surface area contributed by atoms with E-state index in [9.17, 15) is 0 Å². The minimum Gasteiger partial charge on any atom is -0.294 e. The molecule has 2 aliphatic rings. The van der Waals surface area contributed by atoms with E-state index in [1.807, 2.05) is 0 Å². The van der Waals surface area contributed by atoms with E-state index in [2.05, 4.69) is 32.6 Å². The first-order valence-corrected chi connectivity index (χ1v) is 10.5. The van der Waals surface area contributed by atoms with Gasteiger partial charge in [-0.3, -0.25) is 4.90 Å². The molecular formula is C21H41N. The number of unbranched alkanes of at least 4 members (excludes halogenated alkanes) is 4. The summed E-state index contributed by atoms with van der Waals surface area (Å²) in [5, 5.41) is 0. The fourth-order valence-electron chi connectivity index (χ4n) is 4.86. The summed E-state index contributed by atoms with van der Waals surface area (Å²) < 4.78 is 0. The summed E-state index contributed by atoms with van der Waals surface area (Å²) in [6, 6.07) is 2.70. The molecule has 2 fully saturated rings. The molecule has 0 spiro atoms. The van der Waals surface area contributed by atoms with Gasteiger partial charge in [0.25, 0.3) is 0 Å². The van der Waals surface area contributed by atoms with Crippen molar-refractivity contribution in [2.75, 3.05) is 0 Å². The lowest BCUT2D eigenvalue weighted by Gasteiger charge is -2.54.